The lowest BCUT2D eigenvalue weighted by atomic mass is 9.98. The normalized spacial score (nSPS) is 13.5. The summed E-state index contributed by atoms with van der Waals surface area (Å²) in [7, 11) is 1.63. The Labute approximate surface area is 175 Å². The molecule has 29 heavy (non-hydrogen) atoms. The summed E-state index contributed by atoms with van der Waals surface area (Å²) in [6.07, 6.45) is -0.471. The van der Waals surface area contributed by atoms with Crippen LogP contribution in [-0.4, -0.2) is 36.4 Å². The van der Waals surface area contributed by atoms with Crippen molar-refractivity contribution in [3.8, 4) is 11.1 Å². The zero-order valence-corrected chi connectivity index (χ0v) is 16.8. The minimum atomic E-state index is -0.497. The van der Waals surface area contributed by atoms with E-state index in [1.54, 1.807) is 31.3 Å². The molecular formula is C24H22ClNO3. The number of hydrogen-bond donors (Lipinski definition) is 1. The first kappa shape index (κ1) is 19.5. The van der Waals surface area contributed by atoms with Crippen LogP contribution in [0.1, 0.15) is 28.7 Å². The van der Waals surface area contributed by atoms with Crippen LogP contribution in [0.4, 0.5) is 4.79 Å². The Morgan fingerprint density at radius 1 is 1.00 bits per heavy atom. The van der Waals surface area contributed by atoms with Gasteiger partial charge in [-0.05, 0) is 39.9 Å². The summed E-state index contributed by atoms with van der Waals surface area (Å²) in [5, 5.41) is 10.4. The molecule has 1 atom stereocenters. The number of carbonyl (C=O) groups excluding carboxylic acids is 1. The van der Waals surface area contributed by atoms with E-state index in [1.165, 1.54) is 27.2 Å². The lowest BCUT2D eigenvalue weighted by Crippen LogP contribution is -2.34. The highest BCUT2D eigenvalue weighted by atomic mass is 35.5. The molecule has 5 heteroatoms. The smallest absolute Gasteiger partial charge is 0.410 e. The fourth-order valence-corrected chi connectivity index (χ4v) is 4.09. The van der Waals surface area contributed by atoms with Crippen LogP contribution in [0, 0.1) is 0 Å². The molecular weight excluding hydrogens is 386 g/mol. The molecule has 1 amide bonds. The number of carbonyl (C=O) groups is 1. The Kier molecular flexibility index (Phi) is 5.56. The highest BCUT2D eigenvalue weighted by molar-refractivity contribution is 6.30. The SMILES string of the molecule is CN(C(=O)OCC1c2ccccc2-c2ccccc21)C(CO)c1ccc(Cl)cc1. The highest BCUT2D eigenvalue weighted by Crippen LogP contribution is 2.44. The van der Waals surface area contributed by atoms with Gasteiger partial charge in [0.1, 0.15) is 6.61 Å². The number of likely N-dealkylation sites (N-methyl/N-ethyl adjacent to an activating group) is 1. The van der Waals surface area contributed by atoms with Gasteiger partial charge in [0, 0.05) is 18.0 Å². The van der Waals surface area contributed by atoms with Crippen molar-refractivity contribution < 1.29 is 14.6 Å². The predicted molar refractivity (Wildman–Crippen MR) is 114 cm³/mol. The van der Waals surface area contributed by atoms with E-state index in [0.717, 1.165) is 5.56 Å². The van der Waals surface area contributed by atoms with Gasteiger partial charge in [-0.25, -0.2) is 4.79 Å². The second kappa shape index (κ2) is 8.27. The Bertz CT molecular complexity index is 973. The van der Waals surface area contributed by atoms with Gasteiger partial charge in [0.15, 0.2) is 0 Å². The third kappa shape index (κ3) is 3.74. The molecule has 0 saturated carbocycles. The first-order valence-electron chi connectivity index (χ1n) is 9.54. The number of nitrogens with zero attached hydrogens (tertiary/aromatic N) is 1. The lowest BCUT2D eigenvalue weighted by molar-refractivity contribution is 0.0789. The number of amides is 1. The van der Waals surface area contributed by atoms with Crippen molar-refractivity contribution >= 4 is 17.7 Å². The van der Waals surface area contributed by atoms with Gasteiger partial charge in [-0.2, -0.15) is 0 Å². The van der Waals surface area contributed by atoms with Crippen LogP contribution in [0.5, 0.6) is 0 Å². The summed E-state index contributed by atoms with van der Waals surface area (Å²) in [4.78, 5) is 14.2. The summed E-state index contributed by atoms with van der Waals surface area (Å²) in [6, 6.07) is 23.0. The first-order chi connectivity index (χ1) is 14.1. The third-order valence-electron chi connectivity index (χ3n) is 5.52. The Morgan fingerprint density at radius 3 is 2.10 bits per heavy atom. The van der Waals surface area contributed by atoms with Crippen LogP contribution in [0.3, 0.4) is 0 Å². The van der Waals surface area contributed by atoms with Crippen LogP contribution >= 0.6 is 11.6 Å². The van der Waals surface area contributed by atoms with Crippen LogP contribution in [-0.2, 0) is 4.74 Å². The number of ether oxygens (including phenoxy) is 1. The number of aliphatic hydroxyl groups excluding tert-OH is 1. The van der Waals surface area contributed by atoms with E-state index in [0.29, 0.717) is 5.02 Å². The zero-order chi connectivity index (χ0) is 20.4. The van der Waals surface area contributed by atoms with E-state index in [1.807, 2.05) is 24.3 Å². The van der Waals surface area contributed by atoms with E-state index in [9.17, 15) is 9.90 Å². The molecule has 0 aliphatic heterocycles. The van der Waals surface area contributed by atoms with Crippen molar-refractivity contribution in [2.75, 3.05) is 20.3 Å². The molecule has 0 bridgehead atoms. The second-order valence-corrected chi connectivity index (χ2v) is 7.60. The van der Waals surface area contributed by atoms with Gasteiger partial charge in [0.2, 0.25) is 0 Å². The lowest BCUT2D eigenvalue weighted by Gasteiger charge is -2.27. The van der Waals surface area contributed by atoms with Crippen molar-refractivity contribution in [2.45, 2.75) is 12.0 Å². The Morgan fingerprint density at radius 2 is 1.55 bits per heavy atom. The molecule has 0 heterocycles. The van der Waals surface area contributed by atoms with E-state index >= 15 is 0 Å². The number of rotatable bonds is 5. The fraction of sp³-hybridized carbons (Fsp3) is 0.208. The second-order valence-electron chi connectivity index (χ2n) is 7.16. The van der Waals surface area contributed by atoms with Crippen LogP contribution in [0.25, 0.3) is 11.1 Å². The standard InChI is InChI=1S/C24H22ClNO3/c1-26(23(14-27)16-10-12-17(25)13-11-16)24(28)29-15-22-20-8-4-2-6-18(20)19-7-3-5-9-21(19)22/h2-13,22-23,27H,14-15H2,1H3. The molecule has 0 saturated heterocycles. The largest absolute Gasteiger partial charge is 0.448 e. The summed E-state index contributed by atoms with van der Waals surface area (Å²) in [6.45, 7) is 0.0400. The van der Waals surface area contributed by atoms with Crippen LogP contribution in [0.15, 0.2) is 72.8 Å². The van der Waals surface area contributed by atoms with Crippen molar-refractivity contribution in [3.63, 3.8) is 0 Å². The quantitative estimate of drug-likeness (QED) is 0.628. The van der Waals surface area contributed by atoms with Crippen molar-refractivity contribution in [1.82, 2.24) is 4.90 Å². The number of fused-ring (bicyclic) bond motifs is 3. The molecule has 3 aromatic rings. The van der Waals surface area contributed by atoms with E-state index in [2.05, 4.69) is 24.3 Å². The summed E-state index contributed by atoms with van der Waals surface area (Å²) in [5.41, 5.74) is 5.51. The third-order valence-corrected chi connectivity index (χ3v) is 5.77. The minimum Gasteiger partial charge on any atom is -0.448 e. The summed E-state index contributed by atoms with van der Waals surface area (Å²) >= 11 is 5.94. The van der Waals surface area contributed by atoms with Crippen molar-refractivity contribution in [2.24, 2.45) is 0 Å². The first-order valence-corrected chi connectivity index (χ1v) is 9.92. The molecule has 0 spiro atoms. The molecule has 1 aliphatic rings. The van der Waals surface area contributed by atoms with Gasteiger partial charge in [-0.15, -0.1) is 0 Å². The molecule has 1 unspecified atom stereocenters. The monoisotopic (exact) mass is 407 g/mol. The van der Waals surface area contributed by atoms with Gasteiger partial charge in [-0.3, -0.25) is 0 Å². The van der Waals surface area contributed by atoms with Gasteiger partial charge < -0.3 is 14.7 Å². The molecule has 4 nitrogen and oxygen atoms in total. The maximum absolute atomic E-state index is 12.7. The predicted octanol–water partition coefficient (Wildman–Crippen LogP) is 5.25. The van der Waals surface area contributed by atoms with Gasteiger partial charge >= 0.3 is 6.09 Å². The average Bonchev–Trinajstić information content (AvgIpc) is 3.07. The van der Waals surface area contributed by atoms with Crippen molar-refractivity contribution in [3.05, 3.63) is 94.5 Å². The number of hydrogen-bond acceptors (Lipinski definition) is 3. The Balaban J connectivity index is 1.50. The highest BCUT2D eigenvalue weighted by Gasteiger charge is 2.30. The summed E-state index contributed by atoms with van der Waals surface area (Å²) < 4.78 is 5.68. The molecule has 0 fully saturated rings. The van der Waals surface area contributed by atoms with Gasteiger partial charge in [-0.1, -0.05) is 72.3 Å². The number of benzene rings is 3. The van der Waals surface area contributed by atoms with Crippen LogP contribution in [0.2, 0.25) is 5.02 Å². The maximum Gasteiger partial charge on any atom is 0.410 e. The fourth-order valence-electron chi connectivity index (χ4n) is 3.96. The molecule has 3 aromatic carbocycles. The van der Waals surface area contributed by atoms with Crippen LogP contribution < -0.4 is 0 Å². The van der Waals surface area contributed by atoms with E-state index in [4.69, 9.17) is 16.3 Å². The molecule has 148 valence electrons. The van der Waals surface area contributed by atoms with Crippen molar-refractivity contribution in [1.29, 1.82) is 0 Å². The average molecular weight is 408 g/mol. The Hall–Kier alpha value is -2.82. The van der Waals surface area contributed by atoms with E-state index in [-0.39, 0.29) is 19.1 Å². The summed E-state index contributed by atoms with van der Waals surface area (Å²) in [5.74, 6) is 0.00265. The maximum atomic E-state index is 12.7. The molecule has 4 rings (SSSR count). The van der Waals surface area contributed by atoms with Gasteiger partial charge in [0.05, 0.1) is 12.6 Å². The number of halogens is 1. The molecule has 1 aliphatic carbocycles. The minimum absolute atomic E-state index is 0.00265. The van der Waals surface area contributed by atoms with Gasteiger partial charge in [0.25, 0.3) is 0 Å². The van der Waals surface area contributed by atoms with E-state index < -0.39 is 12.1 Å². The molecule has 0 aromatic heterocycles. The molecule has 1 N–H and O–H groups in total. The zero-order valence-electron chi connectivity index (χ0n) is 16.1. The number of aliphatic hydroxyl groups is 1. The topological polar surface area (TPSA) is 49.8 Å². The molecule has 0 radical (unpaired) electrons.